The Labute approximate surface area is 93.5 Å². The van der Waals surface area contributed by atoms with Gasteiger partial charge in [0.05, 0.1) is 5.60 Å². The zero-order valence-electron chi connectivity index (χ0n) is 8.55. The lowest BCUT2D eigenvalue weighted by Gasteiger charge is -2.17. The molecule has 1 aromatic carbocycles. The lowest BCUT2D eigenvalue weighted by molar-refractivity contribution is 0.0749. The summed E-state index contributed by atoms with van der Waals surface area (Å²) in [6, 6.07) is 7.96. The molecule has 3 heteroatoms. The summed E-state index contributed by atoms with van der Waals surface area (Å²) in [5.74, 6) is 0. The van der Waals surface area contributed by atoms with Crippen LogP contribution in [0.25, 0.3) is 0 Å². The Morgan fingerprint density at radius 1 is 1.36 bits per heavy atom. The average molecular weight is 258 g/mol. The minimum absolute atomic E-state index is 0.603. The van der Waals surface area contributed by atoms with Crippen molar-refractivity contribution in [2.24, 2.45) is 0 Å². The van der Waals surface area contributed by atoms with E-state index in [2.05, 4.69) is 21.2 Å². The van der Waals surface area contributed by atoms with E-state index in [9.17, 15) is 5.11 Å². The summed E-state index contributed by atoms with van der Waals surface area (Å²) >= 11 is 3.45. The molecular weight excluding hydrogens is 242 g/mol. The fourth-order valence-electron chi connectivity index (χ4n) is 1.11. The van der Waals surface area contributed by atoms with Crippen LogP contribution in [0.4, 0.5) is 5.69 Å². The molecule has 0 fully saturated rings. The van der Waals surface area contributed by atoms with Gasteiger partial charge >= 0.3 is 0 Å². The van der Waals surface area contributed by atoms with Crippen LogP contribution in [-0.4, -0.2) is 17.3 Å². The first-order valence-electron chi connectivity index (χ1n) is 4.70. The van der Waals surface area contributed by atoms with Gasteiger partial charge in [-0.15, -0.1) is 0 Å². The molecule has 0 aliphatic carbocycles. The van der Waals surface area contributed by atoms with Crippen molar-refractivity contribution >= 4 is 21.6 Å². The third kappa shape index (κ3) is 4.11. The molecule has 2 nitrogen and oxygen atoms in total. The molecule has 0 aliphatic rings. The molecule has 0 bridgehead atoms. The highest BCUT2D eigenvalue weighted by atomic mass is 79.9. The molecule has 78 valence electrons. The lowest BCUT2D eigenvalue weighted by atomic mass is 10.1. The van der Waals surface area contributed by atoms with Crippen LogP contribution in [0.15, 0.2) is 28.7 Å². The summed E-state index contributed by atoms with van der Waals surface area (Å²) in [4.78, 5) is 0. The Balaban J connectivity index is 2.43. The number of halogens is 1. The van der Waals surface area contributed by atoms with E-state index in [0.717, 1.165) is 23.1 Å². The minimum Gasteiger partial charge on any atom is -0.390 e. The Hall–Kier alpha value is -0.540. The molecule has 0 saturated heterocycles. The fraction of sp³-hybridized carbons (Fsp3) is 0.455. The molecule has 0 saturated carbocycles. The van der Waals surface area contributed by atoms with E-state index in [-0.39, 0.29) is 0 Å². The van der Waals surface area contributed by atoms with Gasteiger partial charge in [-0.3, -0.25) is 0 Å². The predicted molar refractivity (Wildman–Crippen MR) is 63.5 cm³/mol. The van der Waals surface area contributed by atoms with Gasteiger partial charge in [-0.2, -0.15) is 0 Å². The molecule has 0 aliphatic heterocycles. The highest BCUT2D eigenvalue weighted by Gasteiger charge is 2.11. The smallest absolute Gasteiger partial charge is 0.0608 e. The number of hydrogen-bond acceptors (Lipinski definition) is 2. The lowest BCUT2D eigenvalue weighted by Crippen LogP contribution is -2.22. The number of hydrogen-bond donors (Lipinski definition) is 2. The van der Waals surface area contributed by atoms with Gasteiger partial charge in [-0.1, -0.05) is 12.1 Å². The highest BCUT2D eigenvalue weighted by molar-refractivity contribution is 9.10. The van der Waals surface area contributed by atoms with Crippen molar-refractivity contribution in [3.05, 3.63) is 28.7 Å². The largest absolute Gasteiger partial charge is 0.390 e. The summed E-state index contributed by atoms with van der Waals surface area (Å²) in [5, 5.41) is 12.8. The van der Waals surface area contributed by atoms with E-state index in [1.807, 2.05) is 38.1 Å². The average Bonchev–Trinajstić information content (AvgIpc) is 2.06. The maximum atomic E-state index is 9.51. The van der Waals surface area contributed by atoms with Gasteiger partial charge in [0, 0.05) is 16.7 Å². The number of anilines is 1. The van der Waals surface area contributed by atoms with E-state index in [1.165, 1.54) is 0 Å². The quantitative estimate of drug-likeness (QED) is 0.870. The van der Waals surface area contributed by atoms with Crippen LogP contribution in [-0.2, 0) is 0 Å². The fourth-order valence-corrected chi connectivity index (χ4v) is 1.53. The molecule has 0 spiro atoms. The molecule has 0 atom stereocenters. The maximum Gasteiger partial charge on any atom is 0.0608 e. The second-order valence-electron chi connectivity index (χ2n) is 3.97. The van der Waals surface area contributed by atoms with Crippen molar-refractivity contribution < 1.29 is 5.11 Å². The summed E-state index contributed by atoms with van der Waals surface area (Å²) in [6.07, 6.45) is 0.730. The third-order valence-electron chi connectivity index (χ3n) is 1.93. The van der Waals surface area contributed by atoms with Gasteiger partial charge in [0.2, 0.25) is 0 Å². The van der Waals surface area contributed by atoms with Crippen molar-refractivity contribution in [1.82, 2.24) is 0 Å². The summed E-state index contributed by atoms with van der Waals surface area (Å²) in [7, 11) is 0. The monoisotopic (exact) mass is 257 g/mol. The van der Waals surface area contributed by atoms with Gasteiger partial charge in [-0.05, 0) is 48.3 Å². The SMILES string of the molecule is CC(C)(O)CCNc1ccccc1Br. The Bertz CT molecular complexity index is 294. The molecule has 1 rings (SSSR count). The van der Waals surface area contributed by atoms with Crippen molar-refractivity contribution in [3.63, 3.8) is 0 Å². The van der Waals surface area contributed by atoms with Crippen LogP contribution in [0.5, 0.6) is 0 Å². The van der Waals surface area contributed by atoms with Crippen molar-refractivity contribution in [3.8, 4) is 0 Å². The van der Waals surface area contributed by atoms with Gasteiger partial charge < -0.3 is 10.4 Å². The van der Waals surface area contributed by atoms with E-state index in [1.54, 1.807) is 0 Å². The first kappa shape index (κ1) is 11.5. The molecular formula is C11H16BrNO. The molecule has 0 radical (unpaired) electrons. The van der Waals surface area contributed by atoms with Crippen molar-refractivity contribution in [1.29, 1.82) is 0 Å². The van der Waals surface area contributed by atoms with Gasteiger partial charge in [0.25, 0.3) is 0 Å². The summed E-state index contributed by atoms with van der Waals surface area (Å²) < 4.78 is 1.05. The number of nitrogens with one attached hydrogen (secondary N) is 1. The van der Waals surface area contributed by atoms with Crippen LogP contribution < -0.4 is 5.32 Å². The Kier molecular flexibility index (Phi) is 3.96. The van der Waals surface area contributed by atoms with E-state index in [4.69, 9.17) is 0 Å². The van der Waals surface area contributed by atoms with Gasteiger partial charge in [-0.25, -0.2) is 0 Å². The number of aliphatic hydroxyl groups is 1. The molecule has 2 N–H and O–H groups in total. The van der Waals surface area contributed by atoms with Gasteiger partial charge in [0.1, 0.15) is 0 Å². The highest BCUT2D eigenvalue weighted by Crippen LogP contribution is 2.21. The normalized spacial score (nSPS) is 11.4. The number of para-hydroxylation sites is 1. The van der Waals surface area contributed by atoms with Crippen LogP contribution in [0, 0.1) is 0 Å². The molecule has 1 aromatic rings. The minimum atomic E-state index is -0.603. The van der Waals surface area contributed by atoms with Crippen LogP contribution in [0.1, 0.15) is 20.3 Å². The predicted octanol–water partition coefficient (Wildman–Crippen LogP) is 3.02. The third-order valence-corrected chi connectivity index (χ3v) is 2.62. The summed E-state index contributed by atoms with van der Waals surface area (Å²) in [6.45, 7) is 4.40. The van der Waals surface area contributed by atoms with Gasteiger partial charge in [0.15, 0.2) is 0 Å². The molecule has 0 aromatic heterocycles. The molecule has 0 unspecified atom stereocenters. The Morgan fingerprint density at radius 3 is 2.57 bits per heavy atom. The van der Waals surface area contributed by atoms with Crippen LogP contribution in [0.3, 0.4) is 0 Å². The Morgan fingerprint density at radius 2 is 2.00 bits per heavy atom. The van der Waals surface area contributed by atoms with E-state index in [0.29, 0.717) is 0 Å². The van der Waals surface area contributed by atoms with Crippen molar-refractivity contribution in [2.45, 2.75) is 25.9 Å². The second kappa shape index (κ2) is 4.80. The molecule has 0 amide bonds. The zero-order chi connectivity index (χ0) is 10.6. The number of rotatable bonds is 4. The van der Waals surface area contributed by atoms with E-state index < -0.39 is 5.60 Å². The number of benzene rings is 1. The topological polar surface area (TPSA) is 32.3 Å². The zero-order valence-corrected chi connectivity index (χ0v) is 10.1. The van der Waals surface area contributed by atoms with Crippen molar-refractivity contribution in [2.75, 3.05) is 11.9 Å². The van der Waals surface area contributed by atoms with E-state index >= 15 is 0 Å². The summed E-state index contributed by atoms with van der Waals surface area (Å²) in [5.41, 5.74) is 0.464. The van der Waals surface area contributed by atoms with Crippen LogP contribution in [0.2, 0.25) is 0 Å². The standard InChI is InChI=1S/C11H16BrNO/c1-11(2,14)7-8-13-10-6-4-3-5-9(10)12/h3-6,13-14H,7-8H2,1-2H3. The molecule has 14 heavy (non-hydrogen) atoms. The van der Waals surface area contributed by atoms with Crippen LogP contribution >= 0.6 is 15.9 Å². The second-order valence-corrected chi connectivity index (χ2v) is 4.82. The first-order valence-corrected chi connectivity index (χ1v) is 5.49. The maximum absolute atomic E-state index is 9.51. The molecule has 0 heterocycles. The first-order chi connectivity index (χ1) is 6.49.